The SMILES string of the molecule is Cc1ccccc1OCC(=O)N[C@H](CC(C)C)C(=O)N/N=C\c1ccccc1OCc1ccccc1C#N. The zero-order valence-corrected chi connectivity index (χ0v) is 21.8. The molecule has 8 nitrogen and oxygen atoms in total. The number of hydrogen-bond acceptors (Lipinski definition) is 6. The summed E-state index contributed by atoms with van der Waals surface area (Å²) in [6.07, 6.45) is 1.93. The number of carbonyl (C=O) groups is 2. The van der Waals surface area contributed by atoms with Crippen molar-refractivity contribution in [1.82, 2.24) is 10.7 Å². The van der Waals surface area contributed by atoms with Gasteiger partial charge in [-0.3, -0.25) is 9.59 Å². The van der Waals surface area contributed by atoms with Crippen LogP contribution in [0.15, 0.2) is 77.9 Å². The molecule has 0 aliphatic heterocycles. The molecule has 3 rings (SSSR count). The van der Waals surface area contributed by atoms with Crippen LogP contribution in [0.5, 0.6) is 11.5 Å². The molecule has 0 saturated heterocycles. The van der Waals surface area contributed by atoms with Crippen molar-refractivity contribution in [2.24, 2.45) is 11.0 Å². The number of benzene rings is 3. The standard InChI is InChI=1S/C30H32N4O4/c1-21(2)16-26(33-29(35)20-38-27-14-8-4-10-22(27)3)30(36)34-32-18-24-12-7-9-15-28(24)37-19-25-13-6-5-11-23(25)17-31/h4-15,18,21,26H,16,19-20H2,1-3H3,(H,33,35)(H,34,36)/b32-18-/t26-/m1/s1. The molecule has 2 amide bonds. The van der Waals surface area contributed by atoms with E-state index in [4.69, 9.17) is 9.47 Å². The van der Waals surface area contributed by atoms with E-state index in [9.17, 15) is 14.9 Å². The van der Waals surface area contributed by atoms with E-state index in [1.807, 2.05) is 63.2 Å². The maximum atomic E-state index is 12.9. The Morgan fingerprint density at radius 3 is 2.39 bits per heavy atom. The monoisotopic (exact) mass is 512 g/mol. The van der Waals surface area contributed by atoms with E-state index in [1.165, 1.54) is 6.21 Å². The average molecular weight is 513 g/mol. The second-order valence-electron chi connectivity index (χ2n) is 9.13. The molecular weight excluding hydrogens is 480 g/mol. The van der Waals surface area contributed by atoms with E-state index in [2.05, 4.69) is 21.9 Å². The Labute approximate surface area is 223 Å². The lowest BCUT2D eigenvalue weighted by molar-refractivity contribution is -0.130. The number of para-hydroxylation sites is 2. The first-order valence-electron chi connectivity index (χ1n) is 12.4. The highest BCUT2D eigenvalue weighted by molar-refractivity contribution is 5.89. The number of nitriles is 1. The minimum absolute atomic E-state index is 0.165. The van der Waals surface area contributed by atoms with Gasteiger partial charge in [-0.2, -0.15) is 10.4 Å². The average Bonchev–Trinajstić information content (AvgIpc) is 2.91. The summed E-state index contributed by atoms with van der Waals surface area (Å²) in [7, 11) is 0. The van der Waals surface area contributed by atoms with E-state index in [1.54, 1.807) is 30.3 Å². The number of amides is 2. The summed E-state index contributed by atoms with van der Waals surface area (Å²) in [6, 6.07) is 23.3. The molecule has 8 heteroatoms. The lowest BCUT2D eigenvalue weighted by atomic mass is 10.0. The summed E-state index contributed by atoms with van der Waals surface area (Å²) in [5, 5.41) is 16.1. The van der Waals surface area contributed by atoms with E-state index < -0.39 is 17.9 Å². The Morgan fingerprint density at radius 1 is 0.974 bits per heavy atom. The zero-order chi connectivity index (χ0) is 27.3. The van der Waals surface area contributed by atoms with E-state index in [0.29, 0.717) is 29.0 Å². The van der Waals surface area contributed by atoms with Crippen molar-refractivity contribution in [3.63, 3.8) is 0 Å². The zero-order valence-electron chi connectivity index (χ0n) is 21.8. The molecule has 196 valence electrons. The number of nitrogens with one attached hydrogen (secondary N) is 2. The molecule has 0 aromatic heterocycles. The van der Waals surface area contributed by atoms with Crippen LogP contribution < -0.4 is 20.2 Å². The van der Waals surface area contributed by atoms with Crippen LogP contribution in [-0.2, 0) is 16.2 Å². The molecule has 0 aliphatic carbocycles. The van der Waals surface area contributed by atoms with E-state index in [-0.39, 0.29) is 19.1 Å². The fourth-order valence-electron chi connectivity index (χ4n) is 3.67. The Kier molecular flexibility index (Phi) is 10.4. The molecule has 38 heavy (non-hydrogen) atoms. The number of aryl methyl sites for hydroxylation is 1. The number of ether oxygens (including phenoxy) is 2. The quantitative estimate of drug-likeness (QED) is 0.274. The van der Waals surface area contributed by atoms with Crippen molar-refractivity contribution in [3.8, 4) is 17.6 Å². The number of hydrogen-bond donors (Lipinski definition) is 2. The van der Waals surface area contributed by atoms with Crippen LogP contribution in [0.2, 0.25) is 0 Å². The Morgan fingerprint density at radius 2 is 1.66 bits per heavy atom. The number of nitrogens with zero attached hydrogens (tertiary/aromatic N) is 2. The minimum atomic E-state index is -0.769. The van der Waals surface area contributed by atoms with Crippen LogP contribution in [0.3, 0.4) is 0 Å². The lowest BCUT2D eigenvalue weighted by Gasteiger charge is -2.19. The Balaban J connectivity index is 1.59. The highest BCUT2D eigenvalue weighted by Crippen LogP contribution is 2.19. The van der Waals surface area contributed by atoms with Crippen LogP contribution in [0.25, 0.3) is 0 Å². The second kappa shape index (κ2) is 14.2. The first kappa shape index (κ1) is 27.9. The van der Waals surface area contributed by atoms with Crippen molar-refractivity contribution < 1.29 is 19.1 Å². The molecule has 3 aromatic rings. The van der Waals surface area contributed by atoms with Crippen molar-refractivity contribution in [2.75, 3.05) is 6.61 Å². The van der Waals surface area contributed by atoms with Crippen LogP contribution in [-0.4, -0.2) is 30.7 Å². The van der Waals surface area contributed by atoms with Crippen molar-refractivity contribution in [1.29, 1.82) is 5.26 Å². The van der Waals surface area contributed by atoms with Gasteiger partial charge in [-0.25, -0.2) is 5.43 Å². The second-order valence-corrected chi connectivity index (χ2v) is 9.13. The summed E-state index contributed by atoms with van der Waals surface area (Å²) in [4.78, 5) is 25.4. The van der Waals surface area contributed by atoms with Gasteiger partial charge in [0.05, 0.1) is 17.8 Å². The summed E-state index contributed by atoms with van der Waals surface area (Å²) in [5.74, 6) is 0.514. The van der Waals surface area contributed by atoms with E-state index >= 15 is 0 Å². The van der Waals surface area contributed by atoms with Gasteiger partial charge in [0, 0.05) is 11.1 Å². The lowest BCUT2D eigenvalue weighted by Crippen LogP contribution is -2.47. The highest BCUT2D eigenvalue weighted by atomic mass is 16.5. The third-order valence-electron chi connectivity index (χ3n) is 5.63. The fourth-order valence-corrected chi connectivity index (χ4v) is 3.67. The summed E-state index contributed by atoms with van der Waals surface area (Å²) < 4.78 is 11.5. The number of rotatable bonds is 12. The molecule has 3 aromatic carbocycles. The topological polar surface area (TPSA) is 113 Å². The van der Waals surface area contributed by atoms with Crippen molar-refractivity contribution >= 4 is 18.0 Å². The first-order chi connectivity index (χ1) is 18.4. The van der Waals surface area contributed by atoms with Crippen LogP contribution in [0.4, 0.5) is 0 Å². The van der Waals surface area contributed by atoms with Gasteiger partial charge in [0.2, 0.25) is 0 Å². The van der Waals surface area contributed by atoms with Gasteiger partial charge in [-0.15, -0.1) is 0 Å². The number of carbonyl (C=O) groups excluding carboxylic acids is 2. The van der Waals surface area contributed by atoms with Crippen molar-refractivity contribution in [3.05, 3.63) is 95.1 Å². The van der Waals surface area contributed by atoms with Gasteiger partial charge >= 0.3 is 0 Å². The van der Waals surface area contributed by atoms with Crippen LogP contribution in [0.1, 0.15) is 42.5 Å². The molecule has 0 unspecified atom stereocenters. The number of hydrazone groups is 1. The smallest absolute Gasteiger partial charge is 0.262 e. The molecular formula is C30H32N4O4. The van der Waals surface area contributed by atoms with Crippen molar-refractivity contribution in [2.45, 2.75) is 39.8 Å². The van der Waals surface area contributed by atoms with Gasteiger partial charge in [0.1, 0.15) is 24.1 Å². The van der Waals surface area contributed by atoms with Gasteiger partial charge in [0.25, 0.3) is 11.8 Å². The van der Waals surface area contributed by atoms with Crippen LogP contribution in [0, 0.1) is 24.2 Å². The largest absolute Gasteiger partial charge is 0.488 e. The third kappa shape index (κ3) is 8.49. The molecule has 2 N–H and O–H groups in total. The first-order valence-corrected chi connectivity index (χ1v) is 12.4. The predicted molar refractivity (Wildman–Crippen MR) is 146 cm³/mol. The van der Waals surface area contributed by atoms with Crippen LogP contribution >= 0.6 is 0 Å². The summed E-state index contributed by atoms with van der Waals surface area (Å²) >= 11 is 0. The molecule has 0 fully saturated rings. The Bertz CT molecular complexity index is 1310. The fraction of sp³-hybridized carbons (Fsp3) is 0.267. The van der Waals surface area contributed by atoms with Gasteiger partial charge in [-0.05, 0) is 49.1 Å². The maximum Gasteiger partial charge on any atom is 0.262 e. The predicted octanol–water partition coefficient (Wildman–Crippen LogP) is 4.51. The molecule has 0 aliphatic rings. The van der Waals surface area contributed by atoms with Gasteiger partial charge in [0.15, 0.2) is 6.61 Å². The highest BCUT2D eigenvalue weighted by Gasteiger charge is 2.22. The third-order valence-corrected chi connectivity index (χ3v) is 5.63. The molecule has 0 saturated carbocycles. The van der Waals surface area contributed by atoms with Gasteiger partial charge in [-0.1, -0.05) is 62.4 Å². The molecule has 0 spiro atoms. The molecule has 0 radical (unpaired) electrons. The summed E-state index contributed by atoms with van der Waals surface area (Å²) in [5.41, 5.74) is 5.41. The van der Waals surface area contributed by atoms with Gasteiger partial charge < -0.3 is 14.8 Å². The molecule has 0 bridgehead atoms. The molecule has 0 heterocycles. The Hall–Kier alpha value is -4.64. The molecule has 1 atom stereocenters. The maximum absolute atomic E-state index is 12.9. The summed E-state index contributed by atoms with van der Waals surface area (Å²) in [6.45, 7) is 5.85. The normalized spacial score (nSPS) is 11.6. The van der Waals surface area contributed by atoms with E-state index in [0.717, 1.165) is 11.1 Å². The minimum Gasteiger partial charge on any atom is -0.488 e.